The van der Waals surface area contributed by atoms with E-state index in [-0.39, 0.29) is 5.82 Å². The van der Waals surface area contributed by atoms with E-state index in [0.717, 1.165) is 37.3 Å². The molecule has 4 heterocycles. The summed E-state index contributed by atoms with van der Waals surface area (Å²) in [7, 11) is 0. The molecule has 0 bridgehead atoms. The van der Waals surface area contributed by atoms with E-state index in [0.29, 0.717) is 29.7 Å². The van der Waals surface area contributed by atoms with Crippen molar-refractivity contribution >= 4 is 22.8 Å². The van der Waals surface area contributed by atoms with Crippen LogP contribution in [0.2, 0.25) is 0 Å². The number of nitrogens with one attached hydrogen (secondary N) is 1. The Kier molecular flexibility index (Phi) is 4.60. The molecule has 0 aliphatic carbocycles. The fraction of sp³-hybridized carbons (Fsp3) is 0.316. The predicted octanol–water partition coefficient (Wildman–Crippen LogP) is 2.70. The molecular weight excluding hydrogens is 375 g/mol. The smallest absolute Gasteiger partial charge is 0.229 e. The molecule has 4 aromatic rings. The monoisotopic (exact) mass is 394 g/mol. The van der Waals surface area contributed by atoms with Crippen molar-refractivity contribution in [2.75, 3.05) is 18.5 Å². The van der Waals surface area contributed by atoms with Gasteiger partial charge >= 0.3 is 0 Å². The number of ether oxygens (including phenoxy) is 1. The quantitative estimate of drug-likeness (QED) is 0.556. The Hall–Kier alpha value is -3.40. The third kappa shape index (κ3) is 3.79. The SMILES string of the molecule is Fc1ccc(Cn2nnc3cnc(Nc4cnn(C5CCOCC5)c4)nc32)cc1. The lowest BCUT2D eigenvalue weighted by molar-refractivity contribution is 0.0662. The molecule has 148 valence electrons. The lowest BCUT2D eigenvalue weighted by atomic mass is 10.1. The summed E-state index contributed by atoms with van der Waals surface area (Å²) in [5.41, 5.74) is 2.91. The van der Waals surface area contributed by atoms with Crippen molar-refractivity contribution in [1.82, 2.24) is 34.7 Å². The van der Waals surface area contributed by atoms with E-state index in [1.54, 1.807) is 29.2 Å². The van der Waals surface area contributed by atoms with Crippen LogP contribution in [0.3, 0.4) is 0 Å². The Balaban J connectivity index is 1.35. The molecule has 3 aromatic heterocycles. The molecule has 0 unspecified atom stereocenters. The fourth-order valence-electron chi connectivity index (χ4n) is 3.38. The van der Waals surface area contributed by atoms with Crippen LogP contribution in [-0.2, 0) is 11.3 Å². The highest BCUT2D eigenvalue weighted by molar-refractivity contribution is 5.70. The van der Waals surface area contributed by atoms with Gasteiger partial charge in [-0.05, 0) is 30.5 Å². The summed E-state index contributed by atoms with van der Waals surface area (Å²) >= 11 is 0. The number of hydrogen-bond acceptors (Lipinski definition) is 7. The number of anilines is 2. The average molecular weight is 394 g/mol. The summed E-state index contributed by atoms with van der Waals surface area (Å²) in [4.78, 5) is 8.86. The highest BCUT2D eigenvalue weighted by atomic mass is 19.1. The van der Waals surface area contributed by atoms with Gasteiger partial charge in [0.2, 0.25) is 5.95 Å². The first-order chi connectivity index (χ1) is 14.2. The summed E-state index contributed by atoms with van der Waals surface area (Å²) in [6, 6.07) is 6.63. The summed E-state index contributed by atoms with van der Waals surface area (Å²) < 4.78 is 22.2. The molecule has 1 aliphatic heterocycles. The molecule has 29 heavy (non-hydrogen) atoms. The van der Waals surface area contributed by atoms with Crippen molar-refractivity contribution in [3.8, 4) is 0 Å². The zero-order valence-electron chi connectivity index (χ0n) is 15.6. The van der Waals surface area contributed by atoms with E-state index in [1.165, 1.54) is 12.1 Å². The van der Waals surface area contributed by atoms with Crippen molar-refractivity contribution in [2.24, 2.45) is 0 Å². The zero-order chi connectivity index (χ0) is 19.6. The van der Waals surface area contributed by atoms with Gasteiger partial charge in [-0.15, -0.1) is 5.10 Å². The summed E-state index contributed by atoms with van der Waals surface area (Å²) in [5.74, 6) is 0.166. The molecule has 0 radical (unpaired) electrons. The molecule has 10 heteroatoms. The molecule has 1 fully saturated rings. The number of rotatable bonds is 5. The standard InChI is InChI=1S/C19H19FN8O/c20-14-3-1-13(2-4-14)11-28-18-17(25-26-28)10-21-19(24-18)23-15-9-22-27(12-15)16-5-7-29-8-6-16/h1-4,9-10,12,16H,5-8,11H2,(H,21,23,24). The van der Waals surface area contributed by atoms with Crippen LogP contribution in [0.4, 0.5) is 16.0 Å². The molecule has 1 aromatic carbocycles. The Morgan fingerprint density at radius 1 is 1.14 bits per heavy atom. The maximum atomic E-state index is 13.1. The van der Waals surface area contributed by atoms with Crippen molar-refractivity contribution in [3.05, 3.63) is 54.2 Å². The number of halogens is 1. The van der Waals surface area contributed by atoms with Gasteiger partial charge in [-0.3, -0.25) is 4.68 Å². The van der Waals surface area contributed by atoms with Crippen LogP contribution in [0.25, 0.3) is 11.2 Å². The first-order valence-corrected chi connectivity index (χ1v) is 9.44. The molecule has 1 N–H and O–H groups in total. The third-order valence-corrected chi connectivity index (χ3v) is 4.92. The molecule has 0 saturated carbocycles. The Bertz CT molecular complexity index is 1120. The van der Waals surface area contributed by atoms with Crippen LogP contribution < -0.4 is 5.32 Å². The number of hydrogen-bond donors (Lipinski definition) is 1. The molecule has 1 aliphatic rings. The summed E-state index contributed by atoms with van der Waals surface area (Å²) in [5, 5.41) is 15.9. The minimum absolute atomic E-state index is 0.271. The largest absolute Gasteiger partial charge is 0.381 e. The fourth-order valence-corrected chi connectivity index (χ4v) is 3.38. The van der Waals surface area contributed by atoms with Gasteiger partial charge in [0.15, 0.2) is 11.2 Å². The van der Waals surface area contributed by atoms with Crippen LogP contribution in [0.1, 0.15) is 24.4 Å². The van der Waals surface area contributed by atoms with Crippen molar-refractivity contribution in [1.29, 1.82) is 0 Å². The van der Waals surface area contributed by atoms with Gasteiger partial charge < -0.3 is 10.1 Å². The van der Waals surface area contributed by atoms with Gasteiger partial charge in [0.25, 0.3) is 0 Å². The maximum absolute atomic E-state index is 13.1. The van der Waals surface area contributed by atoms with Crippen LogP contribution in [0, 0.1) is 5.82 Å². The van der Waals surface area contributed by atoms with Gasteiger partial charge in [0.1, 0.15) is 5.82 Å². The minimum atomic E-state index is -0.271. The summed E-state index contributed by atoms with van der Waals surface area (Å²) in [6.07, 6.45) is 7.26. The van der Waals surface area contributed by atoms with Gasteiger partial charge in [0.05, 0.1) is 30.7 Å². The molecular formula is C19H19FN8O. The van der Waals surface area contributed by atoms with E-state index < -0.39 is 0 Å². The van der Waals surface area contributed by atoms with E-state index in [4.69, 9.17) is 4.74 Å². The van der Waals surface area contributed by atoms with Crippen LogP contribution >= 0.6 is 0 Å². The van der Waals surface area contributed by atoms with Crippen LogP contribution in [0.15, 0.2) is 42.9 Å². The van der Waals surface area contributed by atoms with E-state index in [9.17, 15) is 4.39 Å². The molecule has 0 atom stereocenters. The van der Waals surface area contributed by atoms with Crippen molar-refractivity contribution < 1.29 is 9.13 Å². The Morgan fingerprint density at radius 2 is 1.97 bits per heavy atom. The number of fused-ring (bicyclic) bond motifs is 1. The predicted molar refractivity (Wildman–Crippen MR) is 103 cm³/mol. The Morgan fingerprint density at radius 3 is 2.79 bits per heavy atom. The molecule has 0 spiro atoms. The second-order valence-electron chi connectivity index (χ2n) is 6.95. The minimum Gasteiger partial charge on any atom is -0.381 e. The van der Waals surface area contributed by atoms with E-state index >= 15 is 0 Å². The molecule has 5 rings (SSSR count). The second-order valence-corrected chi connectivity index (χ2v) is 6.95. The number of aromatic nitrogens is 7. The highest BCUT2D eigenvalue weighted by Crippen LogP contribution is 2.22. The van der Waals surface area contributed by atoms with Gasteiger partial charge in [-0.1, -0.05) is 17.3 Å². The van der Waals surface area contributed by atoms with Gasteiger partial charge in [-0.2, -0.15) is 10.1 Å². The molecule has 1 saturated heterocycles. The number of benzene rings is 1. The van der Waals surface area contributed by atoms with E-state index in [2.05, 4.69) is 30.7 Å². The van der Waals surface area contributed by atoms with Crippen LogP contribution in [-0.4, -0.2) is 48.0 Å². The lowest BCUT2D eigenvalue weighted by Gasteiger charge is -2.22. The topological polar surface area (TPSA) is 95.6 Å². The van der Waals surface area contributed by atoms with Crippen molar-refractivity contribution in [2.45, 2.75) is 25.4 Å². The van der Waals surface area contributed by atoms with Crippen molar-refractivity contribution in [3.63, 3.8) is 0 Å². The lowest BCUT2D eigenvalue weighted by Crippen LogP contribution is -2.19. The van der Waals surface area contributed by atoms with Crippen LogP contribution in [0.5, 0.6) is 0 Å². The van der Waals surface area contributed by atoms with E-state index in [1.807, 2.05) is 10.9 Å². The first-order valence-electron chi connectivity index (χ1n) is 9.44. The second kappa shape index (κ2) is 7.55. The van der Waals surface area contributed by atoms with Gasteiger partial charge in [0, 0.05) is 19.4 Å². The molecule has 0 amide bonds. The average Bonchev–Trinajstić information content (AvgIpc) is 3.38. The zero-order valence-corrected chi connectivity index (χ0v) is 15.6. The van der Waals surface area contributed by atoms with Gasteiger partial charge in [-0.25, -0.2) is 14.1 Å². The highest BCUT2D eigenvalue weighted by Gasteiger charge is 2.17. The first kappa shape index (κ1) is 17.7. The molecule has 9 nitrogen and oxygen atoms in total. The summed E-state index contributed by atoms with van der Waals surface area (Å²) in [6.45, 7) is 1.96. The maximum Gasteiger partial charge on any atom is 0.229 e. The Labute approximate surface area is 165 Å². The number of nitrogens with zero attached hydrogens (tertiary/aromatic N) is 7. The normalized spacial score (nSPS) is 15.1. The third-order valence-electron chi connectivity index (χ3n) is 4.92.